The number of anilines is 2. The van der Waals surface area contributed by atoms with Crippen molar-refractivity contribution in [3.05, 3.63) is 45.2 Å². The standard InChI is InChI=1S/C24H30N6O7S/c1-15-3-4-16(36-12-8-30-6-10-35-11-7-30)13-18(15)37-24-26-17(14-38-24)20(32)27-19-21(33)28-23(25-5-9-31)29-22(19)34-2/h3-4,13-14,31H,5-12H2,1-2H3,(H,27,32)(H2,25,28,29,33). The number of hydrogen-bond acceptors (Lipinski definition) is 12. The Morgan fingerprint density at radius 3 is 2.87 bits per heavy atom. The fourth-order valence-corrected chi connectivity index (χ4v) is 4.21. The fourth-order valence-electron chi connectivity index (χ4n) is 3.55. The Bertz CT molecular complexity index is 1290. The van der Waals surface area contributed by atoms with Crippen LogP contribution in [0, 0.1) is 6.92 Å². The Morgan fingerprint density at radius 1 is 1.29 bits per heavy atom. The van der Waals surface area contributed by atoms with Crippen LogP contribution in [0.25, 0.3) is 0 Å². The van der Waals surface area contributed by atoms with Gasteiger partial charge in [0.25, 0.3) is 16.7 Å². The fraction of sp³-hybridized carbons (Fsp3) is 0.417. The summed E-state index contributed by atoms with van der Waals surface area (Å²) in [6.45, 7) is 6.57. The summed E-state index contributed by atoms with van der Waals surface area (Å²) in [5, 5.41) is 15.9. The van der Waals surface area contributed by atoms with Crippen molar-refractivity contribution in [3.8, 4) is 22.6 Å². The summed E-state index contributed by atoms with van der Waals surface area (Å²) in [5.41, 5.74) is 0.146. The van der Waals surface area contributed by atoms with Crippen molar-refractivity contribution < 1.29 is 28.8 Å². The van der Waals surface area contributed by atoms with E-state index in [2.05, 4.69) is 30.5 Å². The Hall–Kier alpha value is -3.72. The van der Waals surface area contributed by atoms with Gasteiger partial charge in [0.1, 0.15) is 23.8 Å². The first-order valence-corrected chi connectivity index (χ1v) is 12.9. The van der Waals surface area contributed by atoms with E-state index in [1.165, 1.54) is 12.5 Å². The quantitative estimate of drug-likeness (QED) is 0.262. The molecule has 3 aromatic rings. The van der Waals surface area contributed by atoms with Crippen LogP contribution in [0.15, 0.2) is 28.4 Å². The minimum absolute atomic E-state index is 0.0597. The zero-order valence-electron chi connectivity index (χ0n) is 21.1. The predicted molar refractivity (Wildman–Crippen MR) is 141 cm³/mol. The minimum Gasteiger partial charge on any atom is -0.492 e. The molecule has 204 valence electrons. The van der Waals surface area contributed by atoms with Crippen molar-refractivity contribution in [2.75, 3.05) is 70.3 Å². The van der Waals surface area contributed by atoms with Crippen molar-refractivity contribution >= 4 is 28.9 Å². The summed E-state index contributed by atoms with van der Waals surface area (Å²) < 4.78 is 22.3. The number of benzene rings is 1. The predicted octanol–water partition coefficient (Wildman–Crippen LogP) is 1.70. The number of ether oxygens (including phenoxy) is 4. The maximum absolute atomic E-state index is 12.8. The highest BCUT2D eigenvalue weighted by atomic mass is 32.1. The second-order valence-electron chi connectivity index (χ2n) is 8.23. The maximum atomic E-state index is 12.8. The summed E-state index contributed by atoms with van der Waals surface area (Å²) in [6.07, 6.45) is 0. The van der Waals surface area contributed by atoms with Gasteiger partial charge in [0.05, 0.1) is 26.9 Å². The van der Waals surface area contributed by atoms with Gasteiger partial charge in [-0.1, -0.05) is 17.4 Å². The topological polar surface area (TPSA) is 160 Å². The number of thiazole rings is 1. The average Bonchev–Trinajstić information content (AvgIpc) is 3.39. The molecule has 4 rings (SSSR count). The maximum Gasteiger partial charge on any atom is 0.280 e. The van der Waals surface area contributed by atoms with Gasteiger partial charge in [0.2, 0.25) is 11.8 Å². The van der Waals surface area contributed by atoms with Gasteiger partial charge in [-0.15, -0.1) is 0 Å². The molecule has 14 heteroatoms. The molecule has 13 nitrogen and oxygen atoms in total. The molecule has 0 atom stereocenters. The Kier molecular flexibility index (Phi) is 9.48. The number of aromatic nitrogens is 3. The first kappa shape index (κ1) is 27.3. The number of carbonyl (C=O) groups is 1. The van der Waals surface area contributed by atoms with Crippen molar-refractivity contribution in [1.29, 1.82) is 0 Å². The number of rotatable bonds is 12. The molecule has 0 spiro atoms. The zero-order valence-corrected chi connectivity index (χ0v) is 21.9. The largest absolute Gasteiger partial charge is 0.492 e. The Morgan fingerprint density at radius 2 is 2.11 bits per heavy atom. The third-order valence-electron chi connectivity index (χ3n) is 5.57. The number of H-pyrrole nitrogens is 1. The van der Waals surface area contributed by atoms with E-state index in [-0.39, 0.29) is 41.6 Å². The van der Waals surface area contributed by atoms with Crippen LogP contribution in [-0.4, -0.2) is 90.6 Å². The normalized spacial score (nSPS) is 13.7. The van der Waals surface area contributed by atoms with Crippen molar-refractivity contribution in [3.63, 3.8) is 0 Å². The molecule has 0 aliphatic carbocycles. The van der Waals surface area contributed by atoms with Gasteiger partial charge in [-0.3, -0.25) is 19.5 Å². The van der Waals surface area contributed by atoms with E-state index in [1.54, 1.807) is 6.07 Å². The first-order valence-electron chi connectivity index (χ1n) is 12.0. The van der Waals surface area contributed by atoms with Crippen LogP contribution < -0.4 is 30.4 Å². The van der Waals surface area contributed by atoms with Crippen molar-refractivity contribution in [2.45, 2.75) is 6.92 Å². The van der Waals surface area contributed by atoms with Gasteiger partial charge >= 0.3 is 0 Å². The number of carbonyl (C=O) groups excluding carboxylic acids is 1. The molecular formula is C24H30N6O7S. The molecule has 38 heavy (non-hydrogen) atoms. The third kappa shape index (κ3) is 7.19. The van der Waals surface area contributed by atoms with Crippen LogP contribution in [0.3, 0.4) is 0 Å². The molecule has 1 aliphatic heterocycles. The van der Waals surface area contributed by atoms with E-state index in [9.17, 15) is 9.59 Å². The van der Waals surface area contributed by atoms with Crippen LogP contribution in [0.5, 0.6) is 22.6 Å². The molecule has 0 saturated carbocycles. The van der Waals surface area contributed by atoms with Crippen LogP contribution in [0.1, 0.15) is 16.1 Å². The van der Waals surface area contributed by atoms with E-state index in [4.69, 9.17) is 24.1 Å². The van der Waals surface area contributed by atoms with Gasteiger partial charge in [-0.05, 0) is 18.6 Å². The summed E-state index contributed by atoms with van der Waals surface area (Å²) in [7, 11) is 1.32. The van der Waals surface area contributed by atoms with Gasteiger partial charge < -0.3 is 34.7 Å². The molecule has 1 aliphatic rings. The monoisotopic (exact) mass is 546 g/mol. The molecule has 0 bridgehead atoms. The number of aryl methyl sites for hydroxylation is 1. The highest BCUT2D eigenvalue weighted by Gasteiger charge is 2.19. The average molecular weight is 547 g/mol. The number of methoxy groups -OCH3 is 1. The van der Waals surface area contributed by atoms with E-state index in [1.807, 2.05) is 19.1 Å². The minimum atomic E-state index is -0.630. The van der Waals surface area contributed by atoms with Crippen molar-refractivity contribution in [1.82, 2.24) is 19.9 Å². The molecule has 4 N–H and O–H groups in total. The van der Waals surface area contributed by atoms with Crippen LogP contribution in [0.2, 0.25) is 0 Å². The molecule has 0 unspecified atom stereocenters. The lowest BCUT2D eigenvalue weighted by atomic mass is 10.2. The molecule has 3 heterocycles. The SMILES string of the molecule is COc1nc(NCCO)[nH]c(=O)c1NC(=O)c1csc(Oc2cc(OCCN3CCOCC3)ccc2C)n1. The van der Waals surface area contributed by atoms with Crippen LogP contribution in [-0.2, 0) is 4.74 Å². The van der Waals surface area contributed by atoms with E-state index in [0.29, 0.717) is 18.1 Å². The second kappa shape index (κ2) is 13.2. The number of nitrogens with one attached hydrogen (secondary N) is 3. The van der Waals surface area contributed by atoms with Gasteiger partial charge in [-0.25, -0.2) is 0 Å². The molecule has 1 amide bonds. The van der Waals surface area contributed by atoms with Gasteiger partial charge in [-0.2, -0.15) is 9.97 Å². The molecule has 1 aromatic carbocycles. The smallest absolute Gasteiger partial charge is 0.280 e. The molecule has 1 saturated heterocycles. The highest BCUT2D eigenvalue weighted by molar-refractivity contribution is 7.11. The molecule has 1 fully saturated rings. The second-order valence-corrected chi connectivity index (χ2v) is 9.05. The van der Waals surface area contributed by atoms with Crippen LogP contribution in [0.4, 0.5) is 11.6 Å². The zero-order chi connectivity index (χ0) is 26.9. The Labute approximate surface area is 222 Å². The lowest BCUT2D eigenvalue weighted by molar-refractivity contribution is 0.0322. The van der Waals surface area contributed by atoms with E-state index in [0.717, 1.165) is 49.7 Å². The number of aliphatic hydroxyl groups excluding tert-OH is 1. The van der Waals surface area contributed by atoms with Gasteiger partial charge in [0.15, 0.2) is 5.69 Å². The molecular weight excluding hydrogens is 516 g/mol. The third-order valence-corrected chi connectivity index (χ3v) is 6.29. The molecule has 0 radical (unpaired) electrons. The first-order chi connectivity index (χ1) is 18.5. The number of aromatic amines is 1. The number of aliphatic hydroxyl groups is 1. The number of amides is 1. The van der Waals surface area contributed by atoms with Gasteiger partial charge in [0, 0.05) is 37.6 Å². The summed E-state index contributed by atoms with van der Waals surface area (Å²) in [5.74, 6) is 0.614. The number of nitrogens with zero attached hydrogens (tertiary/aromatic N) is 3. The van der Waals surface area contributed by atoms with Crippen molar-refractivity contribution in [2.24, 2.45) is 0 Å². The number of morpholine rings is 1. The summed E-state index contributed by atoms with van der Waals surface area (Å²) in [6, 6.07) is 5.56. The lowest BCUT2D eigenvalue weighted by Gasteiger charge is -2.26. The van der Waals surface area contributed by atoms with E-state index >= 15 is 0 Å². The number of hydrogen-bond donors (Lipinski definition) is 4. The summed E-state index contributed by atoms with van der Waals surface area (Å²) >= 11 is 1.14. The van der Waals surface area contributed by atoms with Crippen LogP contribution >= 0.6 is 11.3 Å². The Balaban J connectivity index is 1.38. The summed E-state index contributed by atoms with van der Waals surface area (Å²) in [4.78, 5) is 38.4. The molecule has 2 aromatic heterocycles. The lowest BCUT2D eigenvalue weighted by Crippen LogP contribution is -2.38. The van der Waals surface area contributed by atoms with E-state index < -0.39 is 11.5 Å². The highest BCUT2D eigenvalue weighted by Crippen LogP contribution is 2.31.